The molecule has 0 fully saturated rings. The first kappa shape index (κ1) is 11.4. The molecular weight excluding hydrogens is 248 g/mol. The molecule has 0 atom stereocenters. The molecule has 1 rings (SSSR count). The summed E-state index contributed by atoms with van der Waals surface area (Å²) in [6, 6.07) is 4.52. The van der Waals surface area contributed by atoms with Crippen LogP contribution in [0.5, 0.6) is 5.75 Å². The Morgan fingerprint density at radius 1 is 1.43 bits per heavy atom. The van der Waals surface area contributed by atoms with Gasteiger partial charge in [-0.15, -0.1) is 11.6 Å². The molecule has 14 heavy (non-hydrogen) atoms. The second-order valence-corrected chi connectivity index (χ2v) is 3.39. The molecule has 0 heterocycles. The van der Waals surface area contributed by atoms with Gasteiger partial charge < -0.3 is 10.1 Å². The number of amides is 1. The second-order valence-electron chi connectivity index (χ2n) is 2.27. The number of carbonyl (C=O) groups excluding carboxylic acids is 1. The number of carbonyl (C=O) groups is 1. The fourth-order valence-corrected chi connectivity index (χ4v) is 1.30. The zero-order valence-electron chi connectivity index (χ0n) is 6.89. The summed E-state index contributed by atoms with van der Waals surface area (Å²) < 4.78 is 4.82. The summed E-state index contributed by atoms with van der Waals surface area (Å²) in [4.78, 5) is 10.9. The Hall–Kier alpha value is -0.640. The van der Waals surface area contributed by atoms with E-state index in [0.717, 1.165) is 0 Å². The number of alkyl halides is 1. The van der Waals surface area contributed by atoms with Gasteiger partial charge in [0.05, 0.1) is 11.0 Å². The molecule has 0 radical (unpaired) electrons. The van der Waals surface area contributed by atoms with E-state index < -0.39 is 6.09 Å². The van der Waals surface area contributed by atoms with Crippen LogP contribution in [-0.2, 0) is 0 Å². The van der Waals surface area contributed by atoms with E-state index in [-0.39, 0.29) is 16.8 Å². The quantitative estimate of drug-likeness (QED) is 0.650. The number of halogens is 3. The Kier molecular flexibility index (Phi) is 4.32. The molecule has 0 aliphatic heterocycles. The Morgan fingerprint density at radius 3 is 2.71 bits per heavy atom. The zero-order chi connectivity index (χ0) is 10.6. The van der Waals surface area contributed by atoms with Gasteiger partial charge in [-0.05, 0) is 18.2 Å². The van der Waals surface area contributed by atoms with E-state index in [1.54, 1.807) is 6.07 Å². The lowest BCUT2D eigenvalue weighted by molar-refractivity contribution is 0.202. The van der Waals surface area contributed by atoms with Crippen LogP contribution < -0.4 is 10.1 Å². The highest BCUT2D eigenvalue weighted by Crippen LogP contribution is 2.27. The SMILES string of the molecule is O=C(NCCl)Oc1ccc(Cl)cc1Cl. The molecule has 1 N–H and O–H groups in total. The van der Waals surface area contributed by atoms with Crippen LogP contribution in [0.4, 0.5) is 4.79 Å². The van der Waals surface area contributed by atoms with E-state index >= 15 is 0 Å². The van der Waals surface area contributed by atoms with Gasteiger partial charge in [0.1, 0.15) is 0 Å². The first-order valence-electron chi connectivity index (χ1n) is 3.60. The van der Waals surface area contributed by atoms with Gasteiger partial charge in [0.15, 0.2) is 5.75 Å². The predicted octanol–water partition coefficient (Wildman–Crippen LogP) is 3.28. The summed E-state index contributed by atoms with van der Waals surface area (Å²) in [6.07, 6.45) is -0.663. The molecule has 76 valence electrons. The molecule has 0 aromatic heterocycles. The molecule has 0 unspecified atom stereocenters. The maximum Gasteiger partial charge on any atom is 0.413 e. The van der Waals surface area contributed by atoms with Gasteiger partial charge in [-0.1, -0.05) is 23.2 Å². The monoisotopic (exact) mass is 253 g/mol. The van der Waals surface area contributed by atoms with Crippen molar-refractivity contribution in [1.29, 1.82) is 0 Å². The van der Waals surface area contributed by atoms with E-state index in [1.807, 2.05) is 0 Å². The smallest absolute Gasteiger partial charge is 0.409 e. The third kappa shape index (κ3) is 3.25. The van der Waals surface area contributed by atoms with Crippen LogP contribution in [0, 0.1) is 0 Å². The number of rotatable bonds is 2. The van der Waals surface area contributed by atoms with E-state index in [0.29, 0.717) is 5.02 Å². The molecule has 0 bridgehead atoms. The summed E-state index contributed by atoms with van der Waals surface area (Å²) in [5, 5.41) is 2.99. The third-order valence-electron chi connectivity index (χ3n) is 1.31. The lowest BCUT2D eigenvalue weighted by Crippen LogP contribution is -2.25. The highest BCUT2D eigenvalue weighted by Gasteiger charge is 2.07. The van der Waals surface area contributed by atoms with Crippen molar-refractivity contribution in [3.05, 3.63) is 28.2 Å². The Balaban J connectivity index is 2.72. The molecule has 3 nitrogen and oxygen atoms in total. The van der Waals surface area contributed by atoms with Crippen molar-refractivity contribution in [2.75, 3.05) is 6.00 Å². The fourth-order valence-electron chi connectivity index (χ4n) is 0.748. The standard InChI is InChI=1S/C8H6Cl3NO2/c9-4-12-8(13)14-7-2-1-5(10)3-6(7)11/h1-3H,4H2,(H,12,13). The van der Waals surface area contributed by atoms with E-state index in [2.05, 4.69) is 5.32 Å². The molecule has 0 saturated carbocycles. The van der Waals surface area contributed by atoms with Crippen LogP contribution in [-0.4, -0.2) is 12.1 Å². The molecule has 1 aromatic carbocycles. The summed E-state index contributed by atoms with van der Waals surface area (Å²) in [5.41, 5.74) is 0. The average Bonchev–Trinajstić information content (AvgIpc) is 2.10. The first-order chi connectivity index (χ1) is 6.63. The third-order valence-corrected chi connectivity index (χ3v) is 1.97. The van der Waals surface area contributed by atoms with Gasteiger partial charge >= 0.3 is 6.09 Å². The summed E-state index contributed by atoms with van der Waals surface area (Å²) in [6.45, 7) is 0. The average molecular weight is 254 g/mol. The lowest BCUT2D eigenvalue weighted by atomic mass is 10.3. The lowest BCUT2D eigenvalue weighted by Gasteiger charge is -2.05. The second kappa shape index (κ2) is 5.29. The van der Waals surface area contributed by atoms with Crippen LogP contribution in [0.2, 0.25) is 10.0 Å². The van der Waals surface area contributed by atoms with E-state index in [1.165, 1.54) is 12.1 Å². The van der Waals surface area contributed by atoms with Crippen LogP contribution in [0.3, 0.4) is 0 Å². The Morgan fingerprint density at radius 2 is 2.14 bits per heavy atom. The minimum atomic E-state index is -0.663. The Bertz CT molecular complexity index is 343. The normalized spacial score (nSPS) is 9.64. The van der Waals surface area contributed by atoms with Gasteiger partial charge in [-0.25, -0.2) is 4.79 Å². The fraction of sp³-hybridized carbons (Fsp3) is 0.125. The predicted molar refractivity (Wildman–Crippen MR) is 56.3 cm³/mol. The number of benzene rings is 1. The number of ether oxygens (including phenoxy) is 1. The van der Waals surface area contributed by atoms with Crippen LogP contribution >= 0.6 is 34.8 Å². The van der Waals surface area contributed by atoms with E-state index in [9.17, 15) is 4.79 Å². The van der Waals surface area contributed by atoms with Gasteiger partial charge in [-0.3, -0.25) is 0 Å². The Labute approximate surface area is 95.9 Å². The van der Waals surface area contributed by atoms with Crippen molar-refractivity contribution >= 4 is 40.9 Å². The van der Waals surface area contributed by atoms with Crippen molar-refractivity contribution in [3.8, 4) is 5.75 Å². The minimum Gasteiger partial charge on any atom is -0.409 e. The van der Waals surface area contributed by atoms with Gasteiger partial charge in [0.2, 0.25) is 0 Å². The number of nitrogens with one attached hydrogen (secondary N) is 1. The molecule has 0 aliphatic rings. The number of hydrogen-bond donors (Lipinski definition) is 1. The van der Waals surface area contributed by atoms with Crippen molar-refractivity contribution in [3.63, 3.8) is 0 Å². The van der Waals surface area contributed by atoms with Gasteiger partial charge in [0.25, 0.3) is 0 Å². The molecule has 1 amide bonds. The molecule has 0 saturated heterocycles. The highest BCUT2D eigenvalue weighted by molar-refractivity contribution is 6.35. The van der Waals surface area contributed by atoms with Crippen LogP contribution in [0.25, 0.3) is 0 Å². The maximum absolute atomic E-state index is 10.9. The van der Waals surface area contributed by atoms with Crippen molar-refractivity contribution in [1.82, 2.24) is 5.32 Å². The van der Waals surface area contributed by atoms with Crippen molar-refractivity contribution in [2.45, 2.75) is 0 Å². The minimum absolute atomic E-state index is 0.0238. The van der Waals surface area contributed by atoms with Gasteiger partial charge in [-0.2, -0.15) is 0 Å². The molecule has 6 heteroatoms. The maximum atomic E-state index is 10.9. The highest BCUT2D eigenvalue weighted by atomic mass is 35.5. The van der Waals surface area contributed by atoms with Gasteiger partial charge in [0, 0.05) is 5.02 Å². The first-order valence-corrected chi connectivity index (χ1v) is 4.89. The van der Waals surface area contributed by atoms with Crippen LogP contribution in [0.1, 0.15) is 0 Å². The summed E-state index contributed by atoms with van der Waals surface area (Å²) in [7, 11) is 0. The summed E-state index contributed by atoms with van der Waals surface area (Å²) in [5.74, 6) is 0.235. The molecular formula is C8H6Cl3NO2. The van der Waals surface area contributed by atoms with Crippen molar-refractivity contribution < 1.29 is 9.53 Å². The number of hydrogen-bond acceptors (Lipinski definition) is 2. The largest absolute Gasteiger partial charge is 0.413 e. The molecule has 0 aliphatic carbocycles. The summed E-state index contributed by atoms with van der Waals surface area (Å²) >= 11 is 16.7. The van der Waals surface area contributed by atoms with Crippen LogP contribution in [0.15, 0.2) is 18.2 Å². The van der Waals surface area contributed by atoms with Crippen molar-refractivity contribution in [2.24, 2.45) is 0 Å². The topological polar surface area (TPSA) is 38.3 Å². The van der Waals surface area contributed by atoms with E-state index in [4.69, 9.17) is 39.5 Å². The molecule has 1 aromatic rings. The zero-order valence-corrected chi connectivity index (χ0v) is 9.16. The molecule has 0 spiro atoms.